The predicted molar refractivity (Wildman–Crippen MR) is 30.0 cm³/mol. The molecule has 8 nitrogen and oxygen atoms in total. The molecule has 0 aromatic heterocycles. The summed E-state index contributed by atoms with van der Waals surface area (Å²) in [6.07, 6.45) is 0. The second-order valence-electron chi connectivity index (χ2n) is 1.11. The fourth-order valence-corrected chi connectivity index (χ4v) is 0. The first-order valence-electron chi connectivity index (χ1n) is 1.68. The molecule has 0 atom stereocenters. The zero-order valence-electron chi connectivity index (χ0n) is 6.49. The van der Waals surface area contributed by atoms with Gasteiger partial charge in [-0.2, -0.15) is 0 Å². The van der Waals surface area contributed by atoms with Crippen LogP contribution in [0.25, 0.3) is 0 Å². The third-order valence-electron chi connectivity index (χ3n) is 0. The summed E-state index contributed by atoms with van der Waals surface area (Å²) in [4.78, 5) is 50.9. The van der Waals surface area contributed by atoms with E-state index in [1.807, 2.05) is 0 Å². The molecule has 0 unspecified atom stereocenters. The van der Waals surface area contributed by atoms with Crippen molar-refractivity contribution < 1.29 is 58.7 Å². The van der Waals surface area contributed by atoms with Crippen molar-refractivity contribution in [3.05, 3.63) is 0 Å². The monoisotopic (exact) mass is 202 g/mol. The maximum Gasteiger partial charge on any atom is 1.00 e. The van der Waals surface area contributed by atoms with E-state index >= 15 is 0 Å². The normalized spacial score (nSPS) is 10.8. The molecule has 0 aliphatic carbocycles. The van der Waals surface area contributed by atoms with Crippen LogP contribution in [0.3, 0.4) is 0 Å². The quantitative estimate of drug-likeness (QED) is 0.151. The Hall–Kier alpha value is 0.764. The molecule has 0 fully saturated rings. The molecule has 0 aliphatic rings. The molecule has 0 saturated heterocycles. The molecule has 0 aromatic rings. The van der Waals surface area contributed by atoms with E-state index in [0.29, 0.717) is 0 Å². The van der Waals surface area contributed by atoms with Crippen molar-refractivity contribution in [3.8, 4) is 0 Å². The van der Waals surface area contributed by atoms with Crippen molar-refractivity contribution in [1.82, 2.24) is 0 Å². The Balaban J connectivity index is -0.0000000457. The Morgan fingerprint density at radius 2 is 1.00 bits per heavy atom. The third kappa shape index (κ3) is 1420. The van der Waals surface area contributed by atoms with Crippen molar-refractivity contribution in [2.24, 2.45) is 0 Å². The SMILES string of the molecule is O=P(O)(O)O.O[Si](O)(O)O.[H-].[Li+]. The molecule has 0 aliphatic heterocycles. The first-order valence-corrected chi connectivity index (χ1v) is 5.03. The van der Waals surface area contributed by atoms with E-state index < -0.39 is 16.9 Å². The molecule has 0 amide bonds. The minimum atomic E-state index is -4.64. The van der Waals surface area contributed by atoms with Gasteiger partial charge in [-0.25, -0.2) is 4.57 Å². The Morgan fingerprint density at radius 1 is 1.00 bits per heavy atom. The van der Waals surface area contributed by atoms with E-state index in [1.54, 1.807) is 0 Å². The fraction of sp³-hybridized carbons (Fsp3) is 0. The van der Waals surface area contributed by atoms with Crippen LogP contribution in [0.1, 0.15) is 1.43 Å². The predicted octanol–water partition coefficient (Wildman–Crippen LogP) is -6.42. The summed E-state index contributed by atoms with van der Waals surface area (Å²) < 4.78 is 8.88. The number of phosphoric acid groups is 1. The fourth-order valence-electron chi connectivity index (χ4n) is 0. The van der Waals surface area contributed by atoms with E-state index in [1.165, 1.54) is 0 Å². The molecular weight excluding hydrogens is 194 g/mol. The molecule has 0 aromatic carbocycles. The van der Waals surface area contributed by atoms with E-state index in [4.69, 9.17) is 38.4 Å². The van der Waals surface area contributed by atoms with Gasteiger partial charge in [0.2, 0.25) is 0 Å². The second-order valence-corrected chi connectivity index (χ2v) is 3.34. The molecule has 0 bridgehead atoms. The van der Waals surface area contributed by atoms with Gasteiger partial charge in [0.05, 0.1) is 0 Å². The van der Waals surface area contributed by atoms with Gasteiger partial charge in [-0.15, -0.1) is 0 Å². The average Bonchev–Trinajstić information content (AvgIpc) is 1.12. The number of hydrogen-bond acceptors (Lipinski definition) is 5. The largest absolute Gasteiger partial charge is 1.00 e. The van der Waals surface area contributed by atoms with Gasteiger partial charge in [0.25, 0.3) is 0 Å². The minimum absolute atomic E-state index is 0. The average molecular weight is 202 g/mol. The van der Waals surface area contributed by atoms with Gasteiger partial charge in [-0.3, -0.25) is 0 Å². The molecule has 0 saturated carbocycles. The molecule has 0 heterocycles. The second kappa shape index (κ2) is 6.30. The van der Waals surface area contributed by atoms with Gasteiger partial charge in [-0.1, -0.05) is 0 Å². The summed E-state index contributed by atoms with van der Waals surface area (Å²) in [5, 5.41) is 0. The van der Waals surface area contributed by atoms with Crippen LogP contribution < -0.4 is 18.9 Å². The van der Waals surface area contributed by atoms with Crippen LogP contribution in [0.2, 0.25) is 0 Å². The summed E-state index contributed by atoms with van der Waals surface area (Å²) in [5.74, 6) is 0. The van der Waals surface area contributed by atoms with Crippen LogP contribution in [0.5, 0.6) is 0 Å². The van der Waals surface area contributed by atoms with E-state index in [-0.39, 0.29) is 20.3 Å². The molecule has 11 heteroatoms. The molecule has 0 spiro atoms. The van der Waals surface area contributed by atoms with Gasteiger partial charge in [0, 0.05) is 0 Å². The van der Waals surface area contributed by atoms with Crippen molar-refractivity contribution in [2.45, 2.75) is 0 Å². The van der Waals surface area contributed by atoms with Crippen LogP contribution in [-0.4, -0.2) is 42.9 Å². The number of rotatable bonds is 0. The van der Waals surface area contributed by atoms with E-state index in [2.05, 4.69) is 0 Å². The first kappa shape index (κ1) is 17.7. The minimum Gasteiger partial charge on any atom is -1.00 e. The van der Waals surface area contributed by atoms with Crippen LogP contribution in [0.4, 0.5) is 0 Å². The van der Waals surface area contributed by atoms with E-state index in [0.717, 1.165) is 0 Å². The molecule has 66 valence electrons. The van der Waals surface area contributed by atoms with Gasteiger partial charge < -0.3 is 35.3 Å². The Bertz CT molecular complexity index is 111. The Labute approximate surface area is 76.1 Å². The van der Waals surface area contributed by atoms with Gasteiger partial charge >= 0.3 is 35.7 Å². The summed E-state index contributed by atoms with van der Waals surface area (Å²) in [6, 6.07) is 0. The first-order chi connectivity index (χ1) is 4.00. The van der Waals surface area contributed by atoms with Crippen LogP contribution in [0.15, 0.2) is 0 Å². The maximum absolute atomic E-state index is 8.88. The molecule has 7 N–H and O–H groups in total. The summed E-state index contributed by atoms with van der Waals surface area (Å²) in [7, 11) is -9.25. The summed E-state index contributed by atoms with van der Waals surface area (Å²) in [6.45, 7) is 0. The van der Waals surface area contributed by atoms with Crippen LogP contribution in [-0.2, 0) is 4.57 Å². The molecule has 0 rings (SSSR count). The topological polar surface area (TPSA) is 159 Å². The van der Waals surface area contributed by atoms with E-state index in [9.17, 15) is 0 Å². The maximum atomic E-state index is 8.88. The standard InChI is InChI=1S/Li.H3O4P.H4O4Si.H/c;2*1-5(2,3)4;/h;(H3,1,2,3,4);1-4H;/q+1;;;-1. The molecule has 11 heavy (non-hydrogen) atoms. The third-order valence-corrected chi connectivity index (χ3v) is 0. The van der Waals surface area contributed by atoms with Crippen molar-refractivity contribution >= 4 is 16.9 Å². The number of hydrogen-bond donors (Lipinski definition) is 7. The van der Waals surface area contributed by atoms with Gasteiger partial charge in [0.15, 0.2) is 0 Å². The Morgan fingerprint density at radius 3 is 1.00 bits per heavy atom. The Kier molecular flexibility index (Phi) is 10.2. The van der Waals surface area contributed by atoms with Crippen molar-refractivity contribution in [1.29, 1.82) is 0 Å². The summed E-state index contributed by atoms with van der Waals surface area (Å²) in [5.41, 5.74) is 0. The molecular formula is H8LiO8PSi. The van der Waals surface area contributed by atoms with Crippen LogP contribution in [0, 0.1) is 0 Å². The van der Waals surface area contributed by atoms with Gasteiger partial charge in [0.1, 0.15) is 0 Å². The smallest absolute Gasteiger partial charge is 1.00 e. The van der Waals surface area contributed by atoms with Crippen LogP contribution >= 0.6 is 7.82 Å². The summed E-state index contributed by atoms with van der Waals surface area (Å²) >= 11 is 0. The van der Waals surface area contributed by atoms with Crippen molar-refractivity contribution in [2.75, 3.05) is 0 Å². The zero-order chi connectivity index (χ0) is 9.00. The molecule has 0 radical (unpaired) electrons. The van der Waals surface area contributed by atoms with Crippen molar-refractivity contribution in [3.63, 3.8) is 0 Å². The van der Waals surface area contributed by atoms with Gasteiger partial charge in [-0.05, 0) is 0 Å². The zero-order valence-corrected chi connectivity index (χ0v) is 7.38.